The molecule has 0 aliphatic carbocycles. The van der Waals surface area contributed by atoms with Crippen LogP contribution >= 0.6 is 0 Å². The Morgan fingerprint density at radius 2 is 1.89 bits per heavy atom. The third-order valence-corrected chi connectivity index (χ3v) is 5.20. The number of benzene rings is 1. The van der Waals surface area contributed by atoms with Gasteiger partial charge in [0.25, 0.3) is 0 Å². The summed E-state index contributed by atoms with van der Waals surface area (Å²) in [6, 6.07) is 13.3. The van der Waals surface area contributed by atoms with Crippen molar-refractivity contribution >= 4 is 21.6 Å². The van der Waals surface area contributed by atoms with Crippen molar-refractivity contribution in [2.75, 3.05) is 5.32 Å². The normalized spacial score (nSPS) is 11.3. The van der Waals surface area contributed by atoms with Gasteiger partial charge in [0.2, 0.25) is 15.9 Å². The lowest BCUT2D eigenvalue weighted by atomic mass is 10.2. The molecule has 0 fully saturated rings. The van der Waals surface area contributed by atoms with E-state index in [4.69, 9.17) is 0 Å². The summed E-state index contributed by atoms with van der Waals surface area (Å²) in [4.78, 5) is 15.4. The fourth-order valence-corrected chi connectivity index (χ4v) is 3.54. The van der Waals surface area contributed by atoms with Crippen molar-refractivity contribution in [1.29, 1.82) is 0 Å². The second kappa shape index (κ2) is 7.68. The highest BCUT2D eigenvalue weighted by Gasteiger charge is 2.16. The molecule has 3 aromatic rings. The Morgan fingerprint density at radius 3 is 2.52 bits per heavy atom. The molecule has 8 nitrogen and oxygen atoms in total. The quantitative estimate of drug-likeness (QED) is 0.674. The van der Waals surface area contributed by atoms with E-state index < -0.39 is 10.0 Å². The first-order valence-corrected chi connectivity index (χ1v) is 9.65. The van der Waals surface area contributed by atoms with Gasteiger partial charge in [-0.3, -0.25) is 14.5 Å². The molecule has 0 saturated carbocycles. The van der Waals surface area contributed by atoms with E-state index in [1.54, 1.807) is 24.0 Å². The largest absolute Gasteiger partial charge is 0.326 e. The third-order valence-electron chi connectivity index (χ3n) is 3.79. The predicted octanol–water partition coefficient (Wildman–Crippen LogP) is 1.92. The van der Waals surface area contributed by atoms with Gasteiger partial charge in [-0.25, -0.2) is 13.1 Å². The summed E-state index contributed by atoms with van der Waals surface area (Å²) in [5.41, 5.74) is 2.67. The fourth-order valence-electron chi connectivity index (χ4n) is 2.54. The van der Waals surface area contributed by atoms with Crippen LogP contribution in [0.3, 0.4) is 0 Å². The minimum absolute atomic E-state index is 0.0520. The average Bonchev–Trinajstić information content (AvgIpc) is 3.02. The van der Waals surface area contributed by atoms with E-state index in [0.717, 1.165) is 11.4 Å². The standard InChI is InChI=1S/C18H19N5O3S/c1-13(24)21-14-6-8-16(9-7-14)27(25,26)20-12-15-11-18(23(2)22-15)17-5-3-4-10-19-17/h3-11,20H,12H2,1-2H3,(H,21,24). The molecule has 0 atom stereocenters. The van der Waals surface area contributed by atoms with Crippen LogP contribution in [-0.4, -0.2) is 29.1 Å². The molecular formula is C18H19N5O3S. The zero-order valence-electron chi connectivity index (χ0n) is 14.9. The van der Waals surface area contributed by atoms with Crippen LogP contribution in [0.1, 0.15) is 12.6 Å². The first kappa shape index (κ1) is 18.7. The van der Waals surface area contributed by atoms with Crippen molar-refractivity contribution in [3.63, 3.8) is 0 Å². The summed E-state index contributed by atoms with van der Waals surface area (Å²) in [6.45, 7) is 1.44. The molecule has 0 spiro atoms. The highest BCUT2D eigenvalue weighted by molar-refractivity contribution is 7.89. The Bertz CT molecular complexity index is 1040. The molecule has 27 heavy (non-hydrogen) atoms. The van der Waals surface area contributed by atoms with Gasteiger partial charge < -0.3 is 5.32 Å². The predicted molar refractivity (Wildman–Crippen MR) is 101 cm³/mol. The van der Waals surface area contributed by atoms with Crippen molar-refractivity contribution in [3.05, 3.63) is 60.4 Å². The molecule has 2 heterocycles. The molecule has 0 bridgehead atoms. The SMILES string of the molecule is CC(=O)Nc1ccc(S(=O)(=O)NCc2cc(-c3ccccn3)n(C)n2)cc1. The lowest BCUT2D eigenvalue weighted by molar-refractivity contribution is -0.114. The summed E-state index contributed by atoms with van der Waals surface area (Å²) in [6.07, 6.45) is 1.69. The van der Waals surface area contributed by atoms with Gasteiger partial charge in [-0.05, 0) is 42.5 Å². The maximum atomic E-state index is 12.5. The number of nitrogens with zero attached hydrogens (tertiary/aromatic N) is 3. The van der Waals surface area contributed by atoms with Crippen molar-refractivity contribution in [2.45, 2.75) is 18.4 Å². The van der Waals surface area contributed by atoms with Gasteiger partial charge in [-0.2, -0.15) is 5.10 Å². The van der Waals surface area contributed by atoms with Crippen LogP contribution in [-0.2, 0) is 28.4 Å². The lowest BCUT2D eigenvalue weighted by Crippen LogP contribution is -2.23. The van der Waals surface area contributed by atoms with Crippen molar-refractivity contribution in [2.24, 2.45) is 7.05 Å². The molecule has 1 aromatic carbocycles. The van der Waals surface area contributed by atoms with Crippen LogP contribution in [0, 0.1) is 0 Å². The number of pyridine rings is 1. The van der Waals surface area contributed by atoms with Crippen molar-refractivity contribution in [1.82, 2.24) is 19.5 Å². The van der Waals surface area contributed by atoms with Gasteiger partial charge in [0.1, 0.15) is 0 Å². The molecule has 2 N–H and O–H groups in total. The number of carbonyl (C=O) groups excluding carboxylic acids is 1. The van der Waals surface area contributed by atoms with Gasteiger partial charge in [0, 0.05) is 25.9 Å². The molecule has 9 heteroatoms. The Balaban J connectivity index is 1.71. The van der Waals surface area contributed by atoms with Crippen LogP contribution in [0.25, 0.3) is 11.4 Å². The number of anilines is 1. The first-order valence-electron chi connectivity index (χ1n) is 8.17. The molecule has 0 radical (unpaired) electrons. The second-order valence-electron chi connectivity index (χ2n) is 5.89. The summed E-state index contributed by atoms with van der Waals surface area (Å²) in [7, 11) is -1.92. The number of hydrogen-bond acceptors (Lipinski definition) is 5. The van der Waals surface area contributed by atoms with E-state index in [1.165, 1.54) is 31.2 Å². The van der Waals surface area contributed by atoms with Crippen molar-refractivity contribution in [3.8, 4) is 11.4 Å². The number of sulfonamides is 1. The van der Waals surface area contributed by atoms with Gasteiger partial charge >= 0.3 is 0 Å². The fraction of sp³-hybridized carbons (Fsp3) is 0.167. The van der Waals surface area contributed by atoms with E-state index >= 15 is 0 Å². The van der Waals surface area contributed by atoms with Crippen LogP contribution in [0.15, 0.2) is 59.6 Å². The molecule has 0 unspecified atom stereocenters. The number of rotatable bonds is 6. The van der Waals surface area contributed by atoms with E-state index in [1.807, 2.05) is 18.2 Å². The van der Waals surface area contributed by atoms with E-state index in [0.29, 0.717) is 11.4 Å². The number of amides is 1. The topological polar surface area (TPSA) is 106 Å². The molecule has 3 rings (SSSR count). The van der Waals surface area contributed by atoms with Crippen LogP contribution in [0.5, 0.6) is 0 Å². The number of nitrogens with one attached hydrogen (secondary N) is 2. The van der Waals surface area contributed by atoms with E-state index in [2.05, 4.69) is 20.1 Å². The molecule has 1 amide bonds. The van der Waals surface area contributed by atoms with Crippen molar-refractivity contribution < 1.29 is 13.2 Å². The third kappa shape index (κ3) is 4.57. The number of hydrogen-bond donors (Lipinski definition) is 2. The zero-order valence-corrected chi connectivity index (χ0v) is 15.7. The highest BCUT2D eigenvalue weighted by atomic mass is 32.2. The Labute approximate surface area is 157 Å². The number of aromatic nitrogens is 3. The lowest BCUT2D eigenvalue weighted by Gasteiger charge is -2.07. The molecule has 2 aromatic heterocycles. The summed E-state index contributed by atoms with van der Waals surface area (Å²) >= 11 is 0. The van der Waals surface area contributed by atoms with Gasteiger partial charge in [0.05, 0.1) is 28.5 Å². The monoisotopic (exact) mass is 385 g/mol. The smallest absolute Gasteiger partial charge is 0.240 e. The van der Waals surface area contributed by atoms with Crippen LogP contribution < -0.4 is 10.0 Å². The molecule has 0 saturated heterocycles. The summed E-state index contributed by atoms with van der Waals surface area (Å²) < 4.78 is 29.1. The number of carbonyl (C=O) groups is 1. The minimum atomic E-state index is -3.70. The second-order valence-corrected chi connectivity index (χ2v) is 7.66. The van der Waals surface area contributed by atoms with E-state index in [9.17, 15) is 13.2 Å². The summed E-state index contributed by atoms with van der Waals surface area (Å²) in [5.74, 6) is -0.220. The number of aryl methyl sites for hydroxylation is 1. The maximum Gasteiger partial charge on any atom is 0.240 e. The summed E-state index contributed by atoms with van der Waals surface area (Å²) in [5, 5.41) is 6.93. The van der Waals surface area contributed by atoms with E-state index in [-0.39, 0.29) is 17.3 Å². The van der Waals surface area contributed by atoms with Crippen LogP contribution in [0.2, 0.25) is 0 Å². The van der Waals surface area contributed by atoms with Gasteiger partial charge in [0.15, 0.2) is 0 Å². The van der Waals surface area contributed by atoms with Gasteiger partial charge in [-0.15, -0.1) is 0 Å². The Morgan fingerprint density at radius 1 is 1.15 bits per heavy atom. The minimum Gasteiger partial charge on any atom is -0.326 e. The zero-order chi connectivity index (χ0) is 19.4. The highest BCUT2D eigenvalue weighted by Crippen LogP contribution is 2.18. The molecule has 0 aliphatic heterocycles. The average molecular weight is 385 g/mol. The first-order chi connectivity index (χ1) is 12.8. The maximum absolute atomic E-state index is 12.5. The molecule has 0 aliphatic rings. The van der Waals surface area contributed by atoms with Crippen LogP contribution in [0.4, 0.5) is 5.69 Å². The molecule has 140 valence electrons. The Kier molecular flexibility index (Phi) is 5.33. The van der Waals surface area contributed by atoms with Gasteiger partial charge in [-0.1, -0.05) is 6.07 Å². The Hall–Kier alpha value is -3.04. The molecular weight excluding hydrogens is 366 g/mol.